The second kappa shape index (κ2) is 7.52. The fourth-order valence-electron chi connectivity index (χ4n) is 1.56. The predicted octanol–water partition coefficient (Wildman–Crippen LogP) is 1.20. The van der Waals surface area contributed by atoms with Crippen LogP contribution in [0.4, 0.5) is 6.01 Å². The van der Waals surface area contributed by atoms with Crippen molar-refractivity contribution >= 4 is 17.9 Å². The number of anilines is 1. The Morgan fingerprint density at radius 3 is 2.70 bits per heavy atom. The lowest BCUT2D eigenvalue weighted by molar-refractivity contribution is -0.120. The number of nitrogens with one attached hydrogen (secondary N) is 1. The molecule has 1 amide bonds. The number of carbonyl (C=O) groups excluding carboxylic acids is 2. The number of hydrogen-bond acceptors (Lipinski definition) is 6. The minimum atomic E-state index is -0.537. The van der Waals surface area contributed by atoms with Gasteiger partial charge in [-0.2, -0.15) is 4.98 Å². The van der Waals surface area contributed by atoms with Crippen molar-refractivity contribution in [2.45, 2.75) is 33.7 Å². The van der Waals surface area contributed by atoms with E-state index in [0.29, 0.717) is 6.54 Å². The van der Waals surface area contributed by atoms with Crippen molar-refractivity contribution in [3.63, 3.8) is 0 Å². The molecule has 0 radical (unpaired) electrons. The zero-order valence-electron chi connectivity index (χ0n) is 12.3. The van der Waals surface area contributed by atoms with Gasteiger partial charge in [0.25, 0.3) is 6.01 Å². The summed E-state index contributed by atoms with van der Waals surface area (Å²) in [6, 6.07) is 0.301. The first-order chi connectivity index (χ1) is 9.47. The highest BCUT2D eigenvalue weighted by Gasteiger charge is 2.19. The van der Waals surface area contributed by atoms with Gasteiger partial charge in [0, 0.05) is 12.6 Å². The van der Waals surface area contributed by atoms with E-state index in [1.54, 1.807) is 11.8 Å². The van der Waals surface area contributed by atoms with Crippen LogP contribution in [0.2, 0.25) is 0 Å². The summed E-state index contributed by atoms with van der Waals surface area (Å²) in [5, 5.41) is 2.79. The van der Waals surface area contributed by atoms with Crippen LogP contribution in [0.5, 0.6) is 0 Å². The summed E-state index contributed by atoms with van der Waals surface area (Å²) >= 11 is 0. The van der Waals surface area contributed by atoms with Crippen molar-refractivity contribution in [1.82, 2.24) is 10.3 Å². The van der Waals surface area contributed by atoms with E-state index < -0.39 is 5.97 Å². The van der Waals surface area contributed by atoms with Gasteiger partial charge in [-0.05, 0) is 27.7 Å². The molecule has 112 valence electrons. The number of hydrogen-bond donors (Lipinski definition) is 1. The molecule has 1 N–H and O–H groups in total. The average Bonchev–Trinajstić information content (AvgIpc) is 2.84. The van der Waals surface area contributed by atoms with Crippen molar-refractivity contribution in [2.75, 3.05) is 24.6 Å². The third-order valence-corrected chi connectivity index (χ3v) is 2.41. The van der Waals surface area contributed by atoms with Gasteiger partial charge in [-0.15, -0.1) is 0 Å². The molecule has 0 spiro atoms. The van der Waals surface area contributed by atoms with Gasteiger partial charge in [-0.25, -0.2) is 4.79 Å². The lowest BCUT2D eigenvalue weighted by Gasteiger charge is -2.18. The van der Waals surface area contributed by atoms with E-state index in [-0.39, 0.29) is 36.8 Å². The lowest BCUT2D eigenvalue weighted by atomic mass is 10.4. The van der Waals surface area contributed by atoms with E-state index in [1.807, 2.05) is 20.8 Å². The first kappa shape index (κ1) is 16.0. The van der Waals surface area contributed by atoms with E-state index in [4.69, 9.17) is 9.15 Å². The number of likely N-dealkylation sites (N-methyl/N-ethyl adjacent to an activating group) is 1. The summed E-state index contributed by atoms with van der Waals surface area (Å²) in [4.78, 5) is 28.9. The van der Waals surface area contributed by atoms with Gasteiger partial charge in [-0.1, -0.05) is 0 Å². The Bertz CT molecular complexity index is 456. The SMILES string of the molecule is CCOC(=O)c1coc(N(CC)CC(=O)NC(C)C)n1. The van der Waals surface area contributed by atoms with Gasteiger partial charge in [0.05, 0.1) is 6.61 Å². The smallest absolute Gasteiger partial charge is 0.360 e. The summed E-state index contributed by atoms with van der Waals surface area (Å²) in [6.45, 7) is 8.29. The van der Waals surface area contributed by atoms with Gasteiger partial charge >= 0.3 is 5.97 Å². The summed E-state index contributed by atoms with van der Waals surface area (Å²) in [7, 11) is 0. The molecule has 0 saturated heterocycles. The van der Waals surface area contributed by atoms with E-state index >= 15 is 0 Å². The van der Waals surface area contributed by atoms with Crippen molar-refractivity contribution in [2.24, 2.45) is 0 Å². The molecule has 1 rings (SSSR count). The molecule has 1 aromatic heterocycles. The molecular weight excluding hydrogens is 262 g/mol. The topological polar surface area (TPSA) is 84.7 Å². The minimum absolute atomic E-state index is 0.0702. The zero-order valence-corrected chi connectivity index (χ0v) is 12.3. The largest absolute Gasteiger partial charge is 0.461 e. The van der Waals surface area contributed by atoms with Crippen LogP contribution < -0.4 is 10.2 Å². The van der Waals surface area contributed by atoms with E-state index in [2.05, 4.69) is 10.3 Å². The molecule has 0 fully saturated rings. The number of rotatable bonds is 7. The number of ether oxygens (including phenoxy) is 1. The lowest BCUT2D eigenvalue weighted by Crippen LogP contribution is -2.40. The van der Waals surface area contributed by atoms with Gasteiger partial charge in [0.15, 0.2) is 5.69 Å². The third-order valence-electron chi connectivity index (χ3n) is 2.41. The van der Waals surface area contributed by atoms with Crippen LogP contribution in [0.1, 0.15) is 38.2 Å². The molecule has 0 saturated carbocycles. The Labute approximate surface area is 118 Å². The van der Waals surface area contributed by atoms with Crippen LogP contribution in [-0.4, -0.2) is 42.6 Å². The van der Waals surface area contributed by atoms with Crippen LogP contribution in [0.3, 0.4) is 0 Å². The Balaban J connectivity index is 2.70. The van der Waals surface area contributed by atoms with Crippen LogP contribution in [-0.2, 0) is 9.53 Å². The second-order valence-electron chi connectivity index (χ2n) is 4.47. The van der Waals surface area contributed by atoms with Gasteiger partial charge in [-0.3, -0.25) is 4.79 Å². The van der Waals surface area contributed by atoms with Crippen LogP contribution in [0.25, 0.3) is 0 Å². The van der Waals surface area contributed by atoms with Crippen molar-refractivity contribution in [1.29, 1.82) is 0 Å². The molecule has 0 bridgehead atoms. The maximum Gasteiger partial charge on any atom is 0.360 e. The minimum Gasteiger partial charge on any atom is -0.461 e. The van der Waals surface area contributed by atoms with Crippen LogP contribution in [0, 0.1) is 0 Å². The predicted molar refractivity (Wildman–Crippen MR) is 73.6 cm³/mol. The molecule has 7 nitrogen and oxygen atoms in total. The molecule has 1 aromatic rings. The van der Waals surface area contributed by atoms with E-state index in [1.165, 1.54) is 6.26 Å². The number of nitrogens with zero attached hydrogens (tertiary/aromatic N) is 2. The van der Waals surface area contributed by atoms with Crippen molar-refractivity contribution in [3.8, 4) is 0 Å². The highest BCUT2D eigenvalue weighted by Crippen LogP contribution is 2.14. The Morgan fingerprint density at radius 2 is 2.15 bits per heavy atom. The third kappa shape index (κ3) is 4.56. The molecule has 0 unspecified atom stereocenters. The molecule has 0 aromatic carbocycles. The Kier molecular flexibility index (Phi) is 6.02. The summed E-state index contributed by atoms with van der Waals surface area (Å²) in [6.07, 6.45) is 1.23. The molecule has 0 atom stereocenters. The first-order valence-corrected chi connectivity index (χ1v) is 6.64. The Hall–Kier alpha value is -2.05. The number of esters is 1. The molecule has 0 aliphatic rings. The second-order valence-corrected chi connectivity index (χ2v) is 4.47. The van der Waals surface area contributed by atoms with Gasteiger partial charge < -0.3 is 19.4 Å². The number of oxazole rings is 1. The molecule has 0 aliphatic heterocycles. The molecule has 20 heavy (non-hydrogen) atoms. The maximum atomic E-state index is 11.7. The standard InChI is InChI=1S/C13H21N3O4/c1-5-16(7-11(17)14-9(3)4)13-15-10(8-20-13)12(18)19-6-2/h8-9H,5-7H2,1-4H3,(H,14,17). The van der Waals surface area contributed by atoms with E-state index in [9.17, 15) is 9.59 Å². The summed E-state index contributed by atoms with van der Waals surface area (Å²) in [5.41, 5.74) is 0.101. The Morgan fingerprint density at radius 1 is 1.45 bits per heavy atom. The van der Waals surface area contributed by atoms with Crippen molar-refractivity contribution in [3.05, 3.63) is 12.0 Å². The van der Waals surface area contributed by atoms with Gasteiger partial charge in [0.1, 0.15) is 12.8 Å². The summed E-state index contributed by atoms with van der Waals surface area (Å²) in [5.74, 6) is -0.664. The quantitative estimate of drug-likeness (QED) is 0.757. The number of carbonyl (C=O) groups is 2. The van der Waals surface area contributed by atoms with E-state index in [0.717, 1.165) is 0 Å². The highest BCUT2D eigenvalue weighted by molar-refractivity contribution is 5.87. The van der Waals surface area contributed by atoms with Crippen LogP contribution >= 0.6 is 0 Å². The fraction of sp³-hybridized carbons (Fsp3) is 0.615. The first-order valence-electron chi connectivity index (χ1n) is 6.64. The average molecular weight is 283 g/mol. The molecule has 1 heterocycles. The zero-order chi connectivity index (χ0) is 15.1. The molecular formula is C13H21N3O4. The van der Waals surface area contributed by atoms with Gasteiger partial charge in [0.2, 0.25) is 5.91 Å². The van der Waals surface area contributed by atoms with Crippen LogP contribution in [0.15, 0.2) is 10.7 Å². The molecule has 0 aliphatic carbocycles. The number of amides is 1. The highest BCUT2D eigenvalue weighted by atomic mass is 16.5. The van der Waals surface area contributed by atoms with Crippen molar-refractivity contribution < 1.29 is 18.7 Å². The fourth-order valence-corrected chi connectivity index (χ4v) is 1.56. The molecule has 7 heteroatoms. The number of aromatic nitrogens is 1. The summed E-state index contributed by atoms with van der Waals surface area (Å²) < 4.78 is 10.1. The monoisotopic (exact) mass is 283 g/mol. The normalized spacial score (nSPS) is 10.4. The maximum absolute atomic E-state index is 11.7.